The number of rotatable bonds is 7. The van der Waals surface area contributed by atoms with Gasteiger partial charge in [0.1, 0.15) is 29.3 Å². The number of ether oxygens (including phenoxy) is 2. The summed E-state index contributed by atoms with van der Waals surface area (Å²) in [7, 11) is 1.60. The molecule has 0 saturated carbocycles. The van der Waals surface area contributed by atoms with E-state index in [1.54, 1.807) is 19.2 Å². The molecule has 0 saturated heterocycles. The molecule has 0 unspecified atom stereocenters. The van der Waals surface area contributed by atoms with Crippen molar-refractivity contribution in [2.75, 3.05) is 25.6 Å². The van der Waals surface area contributed by atoms with Crippen LogP contribution in [-0.4, -0.2) is 20.3 Å². The molecule has 0 atom stereocenters. The maximum Gasteiger partial charge on any atom is 0.145 e. The number of anilines is 1. The van der Waals surface area contributed by atoms with Crippen LogP contribution in [0.5, 0.6) is 5.75 Å². The molecule has 1 aromatic rings. The van der Waals surface area contributed by atoms with Gasteiger partial charge < -0.3 is 14.8 Å². The molecule has 0 heterocycles. The molecule has 1 rings (SSSR count). The third-order valence-electron chi connectivity index (χ3n) is 2.30. The Morgan fingerprint density at radius 1 is 1.35 bits per heavy atom. The Bertz CT molecular complexity index is 543. The van der Waals surface area contributed by atoms with E-state index in [1.807, 2.05) is 0 Å². The lowest BCUT2D eigenvalue weighted by molar-refractivity contribution is 0.172. The zero-order valence-electron chi connectivity index (χ0n) is 11.0. The van der Waals surface area contributed by atoms with Crippen molar-refractivity contribution >= 4 is 5.69 Å². The average molecular weight is 275 g/mol. The van der Waals surface area contributed by atoms with Crippen LogP contribution in [0.3, 0.4) is 0 Å². The molecule has 0 aromatic heterocycles. The minimum absolute atomic E-state index is 0.111. The molecule has 0 aliphatic carbocycles. The zero-order chi connectivity index (χ0) is 14.8. The van der Waals surface area contributed by atoms with Crippen LogP contribution in [-0.2, 0) is 4.74 Å². The van der Waals surface area contributed by atoms with Gasteiger partial charge in [0.15, 0.2) is 0 Å². The van der Waals surface area contributed by atoms with Crippen molar-refractivity contribution in [1.82, 2.24) is 0 Å². The van der Waals surface area contributed by atoms with Gasteiger partial charge in [-0.1, -0.05) is 0 Å². The first-order valence-corrected chi connectivity index (χ1v) is 5.89. The summed E-state index contributed by atoms with van der Waals surface area (Å²) < 4.78 is 23.6. The quantitative estimate of drug-likeness (QED) is 0.611. The van der Waals surface area contributed by atoms with Gasteiger partial charge >= 0.3 is 0 Å². The van der Waals surface area contributed by atoms with E-state index in [0.717, 1.165) is 0 Å². The summed E-state index contributed by atoms with van der Waals surface area (Å²) in [6.45, 7) is 0.984. The molecule has 20 heavy (non-hydrogen) atoms. The van der Waals surface area contributed by atoms with Crippen molar-refractivity contribution in [3.8, 4) is 17.9 Å². The van der Waals surface area contributed by atoms with Crippen LogP contribution >= 0.6 is 0 Å². The molecule has 0 bridgehead atoms. The van der Waals surface area contributed by atoms with Gasteiger partial charge in [-0.3, -0.25) is 0 Å². The number of nitrogens with one attached hydrogen (secondary N) is 1. The molecule has 1 aromatic carbocycles. The van der Waals surface area contributed by atoms with E-state index in [9.17, 15) is 4.39 Å². The maximum absolute atomic E-state index is 13.2. The average Bonchev–Trinajstić information content (AvgIpc) is 2.46. The second-order valence-electron chi connectivity index (χ2n) is 3.76. The van der Waals surface area contributed by atoms with Gasteiger partial charge in [0.2, 0.25) is 0 Å². The van der Waals surface area contributed by atoms with Gasteiger partial charge in [-0.15, -0.1) is 0 Å². The van der Waals surface area contributed by atoms with Crippen molar-refractivity contribution in [3.05, 3.63) is 35.8 Å². The van der Waals surface area contributed by atoms with Crippen LogP contribution in [0, 0.1) is 28.5 Å². The third-order valence-corrected chi connectivity index (χ3v) is 2.30. The zero-order valence-corrected chi connectivity index (χ0v) is 11.0. The monoisotopic (exact) mass is 275 g/mol. The van der Waals surface area contributed by atoms with E-state index in [0.29, 0.717) is 31.1 Å². The van der Waals surface area contributed by atoms with Crippen molar-refractivity contribution in [2.24, 2.45) is 0 Å². The van der Waals surface area contributed by atoms with E-state index in [-0.39, 0.29) is 5.57 Å². The highest BCUT2D eigenvalue weighted by Gasteiger charge is 2.05. The Morgan fingerprint density at radius 3 is 2.75 bits per heavy atom. The second-order valence-corrected chi connectivity index (χ2v) is 3.76. The molecule has 0 aliphatic heterocycles. The van der Waals surface area contributed by atoms with Crippen LogP contribution in [0.2, 0.25) is 0 Å². The molecule has 0 spiro atoms. The van der Waals surface area contributed by atoms with E-state index in [2.05, 4.69) is 5.32 Å². The van der Waals surface area contributed by atoms with Crippen LogP contribution < -0.4 is 10.1 Å². The summed E-state index contributed by atoms with van der Waals surface area (Å²) in [6.07, 6.45) is 1.90. The van der Waals surface area contributed by atoms with E-state index >= 15 is 0 Å². The van der Waals surface area contributed by atoms with Crippen LogP contribution in [0.15, 0.2) is 30.0 Å². The normalized spacial score (nSPS) is 9.20. The molecule has 0 aliphatic rings. The highest BCUT2D eigenvalue weighted by Crippen LogP contribution is 2.25. The molecule has 104 valence electrons. The Morgan fingerprint density at radius 2 is 2.10 bits per heavy atom. The van der Waals surface area contributed by atoms with Crippen molar-refractivity contribution in [3.63, 3.8) is 0 Å². The molecule has 5 nitrogen and oxygen atoms in total. The minimum Gasteiger partial charge on any atom is -0.491 e. The van der Waals surface area contributed by atoms with Crippen molar-refractivity contribution < 1.29 is 13.9 Å². The number of nitriles is 2. The van der Waals surface area contributed by atoms with Gasteiger partial charge in [-0.2, -0.15) is 10.5 Å². The standard InChI is InChI=1S/C14H14FN3O2/c1-19-5-2-6-20-14-4-3-12(15)7-13(14)18-10-11(8-16)9-17/h3-4,7,10,18H,2,5-6H2,1H3. The molecule has 0 fully saturated rings. The molecule has 6 heteroatoms. The van der Waals surface area contributed by atoms with Crippen molar-refractivity contribution in [1.29, 1.82) is 10.5 Å². The summed E-state index contributed by atoms with van der Waals surface area (Å²) in [4.78, 5) is 0. The maximum atomic E-state index is 13.2. The number of nitrogens with zero attached hydrogens (tertiary/aromatic N) is 2. The summed E-state index contributed by atoms with van der Waals surface area (Å²) in [5, 5.41) is 20.0. The molecule has 0 radical (unpaired) electrons. The lowest BCUT2D eigenvalue weighted by Crippen LogP contribution is -2.03. The lowest BCUT2D eigenvalue weighted by atomic mass is 10.2. The second kappa shape index (κ2) is 8.52. The van der Waals surface area contributed by atoms with Crippen LogP contribution in [0.1, 0.15) is 6.42 Å². The van der Waals surface area contributed by atoms with Gasteiger partial charge in [0.05, 0.1) is 12.3 Å². The van der Waals surface area contributed by atoms with Gasteiger partial charge in [0, 0.05) is 32.4 Å². The third kappa shape index (κ3) is 4.97. The summed E-state index contributed by atoms with van der Waals surface area (Å²) in [5.74, 6) is -0.00501. The number of methoxy groups -OCH3 is 1. The fourth-order valence-electron chi connectivity index (χ4n) is 1.37. The predicted octanol–water partition coefficient (Wildman–Crippen LogP) is 2.58. The van der Waals surface area contributed by atoms with Gasteiger partial charge in [-0.25, -0.2) is 4.39 Å². The fourth-order valence-corrected chi connectivity index (χ4v) is 1.37. The largest absolute Gasteiger partial charge is 0.491 e. The number of benzene rings is 1. The first-order valence-electron chi connectivity index (χ1n) is 5.89. The number of allylic oxidation sites excluding steroid dienone is 1. The molecular weight excluding hydrogens is 261 g/mol. The lowest BCUT2D eigenvalue weighted by Gasteiger charge is -2.11. The SMILES string of the molecule is COCCCOc1ccc(F)cc1NC=C(C#N)C#N. The Balaban J connectivity index is 2.78. The first-order chi connectivity index (χ1) is 9.71. The summed E-state index contributed by atoms with van der Waals surface area (Å²) in [6, 6.07) is 7.39. The molecule has 1 N–H and O–H groups in total. The molecule has 0 amide bonds. The smallest absolute Gasteiger partial charge is 0.145 e. The minimum atomic E-state index is -0.444. The Kier molecular flexibility index (Phi) is 6.60. The van der Waals surface area contributed by atoms with Crippen LogP contribution in [0.4, 0.5) is 10.1 Å². The highest BCUT2D eigenvalue weighted by atomic mass is 19.1. The number of halogens is 1. The highest BCUT2D eigenvalue weighted by molar-refractivity contribution is 5.59. The molecular formula is C14H14FN3O2. The van der Waals surface area contributed by atoms with E-state index in [1.165, 1.54) is 24.4 Å². The topological polar surface area (TPSA) is 78.1 Å². The number of hydrogen-bond acceptors (Lipinski definition) is 5. The summed E-state index contributed by atoms with van der Waals surface area (Å²) in [5.41, 5.74) is 0.241. The summed E-state index contributed by atoms with van der Waals surface area (Å²) >= 11 is 0. The van der Waals surface area contributed by atoms with Crippen LogP contribution in [0.25, 0.3) is 0 Å². The predicted molar refractivity (Wildman–Crippen MR) is 71.3 cm³/mol. The van der Waals surface area contributed by atoms with Crippen molar-refractivity contribution in [2.45, 2.75) is 6.42 Å². The Labute approximate surface area is 116 Å². The Hall–Kier alpha value is -2.57. The van der Waals surface area contributed by atoms with E-state index in [4.69, 9.17) is 20.0 Å². The first kappa shape index (κ1) is 15.5. The van der Waals surface area contributed by atoms with E-state index < -0.39 is 5.82 Å². The number of hydrogen-bond donors (Lipinski definition) is 1. The van der Waals surface area contributed by atoms with Gasteiger partial charge in [-0.05, 0) is 12.1 Å². The fraction of sp³-hybridized carbons (Fsp3) is 0.286. The van der Waals surface area contributed by atoms with Gasteiger partial charge in [0.25, 0.3) is 0 Å².